The number of carbonyl (C=O) groups excluding carboxylic acids is 2. The van der Waals surface area contributed by atoms with Gasteiger partial charge >= 0.3 is 0 Å². The van der Waals surface area contributed by atoms with Crippen molar-refractivity contribution in [2.75, 3.05) is 11.6 Å². The molecule has 1 aromatic carbocycles. The van der Waals surface area contributed by atoms with Crippen molar-refractivity contribution in [1.82, 2.24) is 0 Å². The highest BCUT2D eigenvalue weighted by molar-refractivity contribution is 7.90. The maximum atomic E-state index is 12.0. The second kappa shape index (κ2) is 5.68. The zero-order valence-corrected chi connectivity index (χ0v) is 13.7. The molecule has 1 N–H and O–H groups in total. The lowest BCUT2D eigenvalue weighted by Gasteiger charge is -2.28. The number of hydrogen-bond acceptors (Lipinski definition) is 5. The molecule has 0 unspecified atom stereocenters. The van der Waals surface area contributed by atoms with E-state index in [0.717, 1.165) is 6.26 Å². The zero-order valence-electron chi connectivity index (χ0n) is 12.8. The van der Waals surface area contributed by atoms with E-state index >= 15 is 0 Å². The Morgan fingerprint density at radius 1 is 1.05 bits per heavy atom. The fourth-order valence-electron chi connectivity index (χ4n) is 2.39. The topological polar surface area (TPSA) is 80.3 Å². The largest absolute Gasteiger partial charge is 0.361 e. The Hall–Kier alpha value is -1.95. The Morgan fingerprint density at radius 3 is 2.00 bits per heavy atom. The summed E-state index contributed by atoms with van der Waals surface area (Å²) in [6.45, 7) is 3.80. The summed E-state index contributed by atoms with van der Waals surface area (Å²) in [6.07, 6.45) is 3.24. The van der Waals surface area contributed by atoms with Gasteiger partial charge in [-0.15, -0.1) is 0 Å². The molecule has 0 bridgehead atoms. The second-order valence-electron chi connectivity index (χ2n) is 6.36. The molecule has 1 aliphatic carbocycles. The van der Waals surface area contributed by atoms with Crippen LogP contribution < -0.4 is 5.32 Å². The van der Waals surface area contributed by atoms with Crippen molar-refractivity contribution in [1.29, 1.82) is 0 Å². The molecule has 0 spiro atoms. The van der Waals surface area contributed by atoms with E-state index in [1.54, 1.807) is 12.1 Å². The first kappa shape index (κ1) is 16.4. The molecule has 6 heteroatoms. The van der Waals surface area contributed by atoms with Crippen molar-refractivity contribution >= 4 is 27.1 Å². The SMILES string of the molecule is CC1(C)CC(=O)C(=CNc2ccc(S(C)(=O)=O)cc2)C(=O)C1. The maximum absolute atomic E-state index is 12.0. The zero-order chi connectivity index (χ0) is 16.5. The number of Topliss-reactive ketones (excluding diaryl/α,β-unsaturated/α-hetero) is 2. The van der Waals surface area contributed by atoms with Crippen LogP contribution in [0.2, 0.25) is 0 Å². The van der Waals surface area contributed by atoms with Crippen LogP contribution in [0.5, 0.6) is 0 Å². The monoisotopic (exact) mass is 321 g/mol. The predicted octanol–water partition coefficient (Wildman–Crippen LogP) is 2.34. The molecule has 0 saturated heterocycles. The molecule has 1 fully saturated rings. The number of ketones is 2. The Balaban J connectivity index is 2.15. The number of allylic oxidation sites excluding steroid dienone is 1. The van der Waals surface area contributed by atoms with Gasteiger partial charge in [0.2, 0.25) is 0 Å². The number of nitrogens with one attached hydrogen (secondary N) is 1. The van der Waals surface area contributed by atoms with Crippen LogP contribution in [0.25, 0.3) is 0 Å². The fourth-order valence-corrected chi connectivity index (χ4v) is 3.02. The van der Waals surface area contributed by atoms with Gasteiger partial charge in [0.25, 0.3) is 0 Å². The summed E-state index contributed by atoms with van der Waals surface area (Å²) in [7, 11) is -3.24. The summed E-state index contributed by atoms with van der Waals surface area (Å²) in [6, 6.07) is 6.14. The molecule has 0 aromatic heterocycles. The third-order valence-corrected chi connectivity index (χ3v) is 4.67. The number of anilines is 1. The first-order valence-corrected chi connectivity index (χ1v) is 8.81. The highest BCUT2D eigenvalue weighted by atomic mass is 32.2. The fraction of sp³-hybridized carbons (Fsp3) is 0.375. The highest BCUT2D eigenvalue weighted by Crippen LogP contribution is 2.33. The van der Waals surface area contributed by atoms with E-state index in [4.69, 9.17) is 0 Å². The summed E-state index contributed by atoms with van der Waals surface area (Å²) >= 11 is 0. The molecule has 1 aromatic rings. The summed E-state index contributed by atoms with van der Waals surface area (Å²) in [4.78, 5) is 24.3. The molecule has 0 radical (unpaired) electrons. The smallest absolute Gasteiger partial charge is 0.175 e. The summed E-state index contributed by atoms with van der Waals surface area (Å²) in [5.41, 5.74) is 0.500. The van der Waals surface area contributed by atoms with Crippen LogP contribution in [0.4, 0.5) is 5.69 Å². The van der Waals surface area contributed by atoms with Crippen LogP contribution in [-0.2, 0) is 19.4 Å². The predicted molar refractivity (Wildman–Crippen MR) is 84.3 cm³/mol. The number of benzene rings is 1. The third kappa shape index (κ3) is 3.82. The molecule has 0 aliphatic heterocycles. The van der Waals surface area contributed by atoms with Gasteiger partial charge in [0.05, 0.1) is 10.5 Å². The number of carbonyl (C=O) groups is 2. The maximum Gasteiger partial charge on any atom is 0.175 e. The Kier molecular flexibility index (Phi) is 4.24. The lowest BCUT2D eigenvalue weighted by Crippen LogP contribution is -2.31. The van der Waals surface area contributed by atoms with E-state index in [1.807, 2.05) is 13.8 Å². The van der Waals surface area contributed by atoms with E-state index in [9.17, 15) is 18.0 Å². The van der Waals surface area contributed by atoms with E-state index < -0.39 is 9.84 Å². The van der Waals surface area contributed by atoms with Crippen molar-refractivity contribution in [3.05, 3.63) is 36.0 Å². The summed E-state index contributed by atoms with van der Waals surface area (Å²) < 4.78 is 22.7. The van der Waals surface area contributed by atoms with E-state index in [2.05, 4.69) is 5.32 Å². The van der Waals surface area contributed by atoms with E-state index in [1.165, 1.54) is 18.3 Å². The van der Waals surface area contributed by atoms with Crippen LogP contribution in [0.1, 0.15) is 26.7 Å². The minimum Gasteiger partial charge on any atom is -0.361 e. The van der Waals surface area contributed by atoms with Crippen molar-refractivity contribution in [2.24, 2.45) is 5.41 Å². The second-order valence-corrected chi connectivity index (χ2v) is 8.38. The van der Waals surface area contributed by atoms with Crippen LogP contribution in [-0.4, -0.2) is 26.2 Å². The van der Waals surface area contributed by atoms with Gasteiger partial charge in [0.1, 0.15) is 0 Å². The Labute approximate surface area is 130 Å². The Morgan fingerprint density at radius 2 is 1.55 bits per heavy atom. The van der Waals surface area contributed by atoms with E-state index in [0.29, 0.717) is 18.5 Å². The standard InChI is InChI=1S/C16H19NO4S/c1-16(2)8-14(18)13(15(19)9-16)10-17-11-4-6-12(7-5-11)22(3,20)21/h4-7,10,17H,8-9H2,1-3H3. The third-order valence-electron chi connectivity index (χ3n) is 3.54. The van der Waals surface area contributed by atoms with E-state index in [-0.39, 0.29) is 27.5 Å². The lowest BCUT2D eigenvalue weighted by molar-refractivity contribution is -0.127. The van der Waals surface area contributed by atoms with Crippen molar-refractivity contribution in [3.8, 4) is 0 Å². The summed E-state index contributed by atoms with van der Waals surface area (Å²) in [5, 5.41) is 2.88. The van der Waals surface area contributed by atoms with Crippen LogP contribution in [0.3, 0.4) is 0 Å². The lowest BCUT2D eigenvalue weighted by atomic mass is 9.74. The molecular formula is C16H19NO4S. The average Bonchev–Trinajstić information content (AvgIpc) is 2.35. The van der Waals surface area contributed by atoms with Crippen molar-refractivity contribution < 1.29 is 18.0 Å². The molecule has 0 atom stereocenters. The Bertz CT molecular complexity index is 721. The van der Waals surface area contributed by atoms with Crippen LogP contribution in [0, 0.1) is 5.41 Å². The van der Waals surface area contributed by atoms with Crippen LogP contribution >= 0.6 is 0 Å². The minimum absolute atomic E-state index is 0.165. The van der Waals surface area contributed by atoms with Gasteiger partial charge in [-0.1, -0.05) is 13.8 Å². The normalized spacial score (nSPS) is 18.2. The van der Waals surface area contributed by atoms with Gasteiger partial charge in [0, 0.05) is 31.0 Å². The number of sulfone groups is 1. The van der Waals surface area contributed by atoms with Gasteiger partial charge in [0.15, 0.2) is 21.4 Å². The number of rotatable bonds is 3. The molecule has 0 amide bonds. The molecule has 5 nitrogen and oxygen atoms in total. The van der Waals surface area contributed by atoms with Gasteiger partial charge in [-0.3, -0.25) is 9.59 Å². The molecule has 118 valence electrons. The average molecular weight is 321 g/mol. The van der Waals surface area contributed by atoms with Crippen LogP contribution in [0.15, 0.2) is 40.9 Å². The minimum atomic E-state index is -3.24. The molecule has 22 heavy (non-hydrogen) atoms. The number of hydrogen-bond donors (Lipinski definition) is 1. The first-order chi connectivity index (χ1) is 10.1. The molecule has 2 rings (SSSR count). The van der Waals surface area contributed by atoms with Gasteiger partial charge in [-0.25, -0.2) is 8.42 Å². The molecule has 1 aliphatic rings. The van der Waals surface area contributed by atoms with Crippen molar-refractivity contribution in [2.45, 2.75) is 31.6 Å². The van der Waals surface area contributed by atoms with Gasteiger partial charge in [-0.2, -0.15) is 0 Å². The summed E-state index contributed by atoms with van der Waals surface area (Å²) in [5.74, 6) is -0.331. The highest BCUT2D eigenvalue weighted by Gasteiger charge is 2.35. The van der Waals surface area contributed by atoms with Gasteiger partial charge < -0.3 is 5.32 Å². The molecular weight excluding hydrogens is 302 g/mol. The van der Waals surface area contributed by atoms with Crippen molar-refractivity contribution in [3.63, 3.8) is 0 Å². The first-order valence-electron chi connectivity index (χ1n) is 6.92. The van der Waals surface area contributed by atoms with Gasteiger partial charge in [-0.05, 0) is 29.7 Å². The molecule has 1 saturated carbocycles. The quantitative estimate of drug-likeness (QED) is 0.683. The molecule has 0 heterocycles.